The van der Waals surface area contributed by atoms with Crippen molar-refractivity contribution in [2.45, 2.75) is 19.3 Å². The molecule has 1 heterocycles. The summed E-state index contributed by atoms with van der Waals surface area (Å²) in [6.45, 7) is 0. The standard InChI is InChI=1S/C8H10N2OS/c9-8(12)5-1-2-6-4-10-11-7(6)3-5/h4-5H,1-3H2,(H2,9,12)/t5-/m1/s1. The molecule has 0 saturated heterocycles. The van der Waals surface area contributed by atoms with E-state index in [2.05, 4.69) is 5.16 Å². The Morgan fingerprint density at radius 1 is 1.75 bits per heavy atom. The molecule has 1 aliphatic carbocycles. The average molecular weight is 182 g/mol. The van der Waals surface area contributed by atoms with Crippen LogP contribution in [0.4, 0.5) is 0 Å². The molecular formula is C8H10N2OS. The molecule has 64 valence electrons. The van der Waals surface area contributed by atoms with Crippen molar-refractivity contribution >= 4 is 17.2 Å². The Morgan fingerprint density at radius 3 is 3.33 bits per heavy atom. The Morgan fingerprint density at radius 2 is 2.58 bits per heavy atom. The lowest BCUT2D eigenvalue weighted by Crippen LogP contribution is -2.26. The number of hydrogen-bond acceptors (Lipinski definition) is 3. The van der Waals surface area contributed by atoms with Gasteiger partial charge in [0.15, 0.2) is 0 Å². The van der Waals surface area contributed by atoms with Gasteiger partial charge in [-0.25, -0.2) is 0 Å². The molecule has 0 bridgehead atoms. The zero-order chi connectivity index (χ0) is 8.55. The predicted octanol–water partition coefficient (Wildman–Crippen LogP) is 1.07. The molecular weight excluding hydrogens is 172 g/mol. The van der Waals surface area contributed by atoms with Gasteiger partial charge in [0.2, 0.25) is 0 Å². The van der Waals surface area contributed by atoms with Gasteiger partial charge in [0.25, 0.3) is 0 Å². The lowest BCUT2D eigenvalue weighted by molar-refractivity contribution is 0.361. The minimum atomic E-state index is 0.306. The SMILES string of the molecule is NC(=S)[C@@H]1CCc2cnoc2C1. The van der Waals surface area contributed by atoms with Gasteiger partial charge >= 0.3 is 0 Å². The molecule has 0 amide bonds. The molecule has 0 saturated carbocycles. The number of nitrogens with two attached hydrogens (primary N) is 1. The molecule has 3 nitrogen and oxygen atoms in total. The molecule has 0 fully saturated rings. The largest absolute Gasteiger partial charge is 0.393 e. The maximum Gasteiger partial charge on any atom is 0.140 e. The predicted molar refractivity (Wildman–Crippen MR) is 48.8 cm³/mol. The van der Waals surface area contributed by atoms with Gasteiger partial charge in [0, 0.05) is 17.9 Å². The summed E-state index contributed by atoms with van der Waals surface area (Å²) in [5, 5.41) is 3.74. The number of aromatic nitrogens is 1. The third kappa shape index (κ3) is 1.22. The van der Waals surface area contributed by atoms with Gasteiger partial charge < -0.3 is 10.3 Å². The average Bonchev–Trinajstić information content (AvgIpc) is 2.49. The fraction of sp³-hybridized carbons (Fsp3) is 0.500. The highest BCUT2D eigenvalue weighted by molar-refractivity contribution is 7.80. The van der Waals surface area contributed by atoms with Crippen LogP contribution in [-0.4, -0.2) is 10.1 Å². The fourth-order valence-corrected chi connectivity index (χ4v) is 1.76. The third-order valence-electron chi connectivity index (χ3n) is 2.33. The minimum absolute atomic E-state index is 0.306. The van der Waals surface area contributed by atoms with Gasteiger partial charge in [0.05, 0.1) is 11.2 Å². The molecule has 0 aliphatic heterocycles. The van der Waals surface area contributed by atoms with Crippen LogP contribution in [0.2, 0.25) is 0 Å². The molecule has 0 radical (unpaired) electrons. The van der Waals surface area contributed by atoms with E-state index in [1.807, 2.05) is 0 Å². The van der Waals surface area contributed by atoms with Crippen LogP contribution in [0.3, 0.4) is 0 Å². The van der Waals surface area contributed by atoms with Crippen LogP contribution in [0.15, 0.2) is 10.7 Å². The van der Waals surface area contributed by atoms with E-state index in [-0.39, 0.29) is 0 Å². The summed E-state index contributed by atoms with van der Waals surface area (Å²) in [5.41, 5.74) is 6.77. The van der Waals surface area contributed by atoms with Crippen molar-refractivity contribution in [2.75, 3.05) is 0 Å². The van der Waals surface area contributed by atoms with Crippen molar-refractivity contribution in [1.29, 1.82) is 0 Å². The highest BCUT2D eigenvalue weighted by Gasteiger charge is 2.23. The molecule has 4 heteroatoms. The molecule has 0 unspecified atom stereocenters. The number of hydrogen-bond donors (Lipinski definition) is 1. The lowest BCUT2D eigenvalue weighted by Gasteiger charge is -2.18. The Balaban J connectivity index is 2.20. The van der Waals surface area contributed by atoms with Crippen LogP contribution in [-0.2, 0) is 12.8 Å². The summed E-state index contributed by atoms with van der Waals surface area (Å²) < 4.78 is 5.07. The van der Waals surface area contributed by atoms with Crippen molar-refractivity contribution in [1.82, 2.24) is 5.16 Å². The smallest absolute Gasteiger partial charge is 0.140 e. The molecule has 1 aliphatic rings. The van der Waals surface area contributed by atoms with E-state index in [0.29, 0.717) is 10.9 Å². The van der Waals surface area contributed by atoms with Crippen LogP contribution >= 0.6 is 12.2 Å². The Bertz CT molecular complexity index is 308. The van der Waals surface area contributed by atoms with Gasteiger partial charge in [-0.15, -0.1) is 0 Å². The summed E-state index contributed by atoms with van der Waals surface area (Å²) in [6.07, 6.45) is 4.63. The summed E-state index contributed by atoms with van der Waals surface area (Å²) in [6, 6.07) is 0. The first-order valence-electron chi connectivity index (χ1n) is 3.99. The van der Waals surface area contributed by atoms with Gasteiger partial charge in [-0.1, -0.05) is 17.4 Å². The molecule has 0 spiro atoms. The highest BCUT2D eigenvalue weighted by Crippen LogP contribution is 2.25. The third-order valence-corrected chi connectivity index (χ3v) is 2.66. The van der Waals surface area contributed by atoms with E-state index in [9.17, 15) is 0 Å². The summed E-state index contributed by atoms with van der Waals surface area (Å²) >= 11 is 4.93. The summed E-state index contributed by atoms with van der Waals surface area (Å²) in [7, 11) is 0. The van der Waals surface area contributed by atoms with Crippen molar-refractivity contribution < 1.29 is 4.52 Å². The maximum atomic E-state index is 5.56. The number of fused-ring (bicyclic) bond motifs is 1. The quantitative estimate of drug-likeness (QED) is 0.660. The number of aryl methyl sites for hydroxylation is 1. The Kier molecular flexibility index (Phi) is 1.84. The zero-order valence-electron chi connectivity index (χ0n) is 6.62. The second-order valence-electron chi connectivity index (χ2n) is 3.12. The van der Waals surface area contributed by atoms with Crippen LogP contribution in [0.25, 0.3) is 0 Å². The van der Waals surface area contributed by atoms with E-state index in [0.717, 1.165) is 25.0 Å². The number of rotatable bonds is 1. The fourth-order valence-electron chi connectivity index (χ4n) is 1.55. The lowest BCUT2D eigenvalue weighted by atomic mass is 9.89. The summed E-state index contributed by atoms with van der Waals surface area (Å²) in [4.78, 5) is 0.594. The molecule has 12 heavy (non-hydrogen) atoms. The molecule has 2 rings (SSSR count). The maximum absolute atomic E-state index is 5.56. The molecule has 2 N–H and O–H groups in total. The molecule has 1 aromatic rings. The van der Waals surface area contributed by atoms with Crippen molar-refractivity contribution in [3.05, 3.63) is 17.5 Å². The summed E-state index contributed by atoms with van der Waals surface area (Å²) in [5.74, 6) is 1.26. The van der Waals surface area contributed by atoms with E-state index in [1.54, 1.807) is 6.20 Å². The first-order valence-corrected chi connectivity index (χ1v) is 4.40. The van der Waals surface area contributed by atoms with Crippen LogP contribution in [0.1, 0.15) is 17.7 Å². The number of nitrogens with zero attached hydrogens (tertiary/aromatic N) is 1. The topological polar surface area (TPSA) is 52.0 Å². The zero-order valence-corrected chi connectivity index (χ0v) is 7.43. The first kappa shape index (κ1) is 7.73. The normalized spacial score (nSPS) is 21.8. The highest BCUT2D eigenvalue weighted by atomic mass is 32.1. The Labute approximate surface area is 75.9 Å². The second kappa shape index (κ2) is 2.86. The second-order valence-corrected chi connectivity index (χ2v) is 3.59. The molecule has 0 aromatic carbocycles. The molecule has 1 atom stereocenters. The van der Waals surface area contributed by atoms with Crippen LogP contribution < -0.4 is 5.73 Å². The van der Waals surface area contributed by atoms with Crippen LogP contribution in [0.5, 0.6) is 0 Å². The minimum Gasteiger partial charge on any atom is -0.393 e. The first-order chi connectivity index (χ1) is 5.77. The van der Waals surface area contributed by atoms with E-state index in [4.69, 9.17) is 22.5 Å². The van der Waals surface area contributed by atoms with Gasteiger partial charge in [0.1, 0.15) is 5.76 Å². The van der Waals surface area contributed by atoms with E-state index >= 15 is 0 Å². The van der Waals surface area contributed by atoms with Crippen molar-refractivity contribution in [2.24, 2.45) is 11.7 Å². The van der Waals surface area contributed by atoms with Crippen molar-refractivity contribution in [3.8, 4) is 0 Å². The Hall–Kier alpha value is -0.900. The van der Waals surface area contributed by atoms with Gasteiger partial charge in [-0.2, -0.15) is 0 Å². The van der Waals surface area contributed by atoms with Gasteiger partial charge in [-0.05, 0) is 12.8 Å². The number of thiocarbonyl (C=S) groups is 1. The molecule has 1 aromatic heterocycles. The van der Waals surface area contributed by atoms with Crippen molar-refractivity contribution in [3.63, 3.8) is 0 Å². The monoisotopic (exact) mass is 182 g/mol. The van der Waals surface area contributed by atoms with E-state index in [1.165, 1.54) is 5.56 Å². The van der Waals surface area contributed by atoms with Crippen LogP contribution in [0, 0.1) is 5.92 Å². The van der Waals surface area contributed by atoms with Gasteiger partial charge in [-0.3, -0.25) is 0 Å². The van der Waals surface area contributed by atoms with E-state index < -0.39 is 0 Å².